The normalized spacial score (nSPS) is 16.3. The topological polar surface area (TPSA) is 51.1 Å². The van der Waals surface area contributed by atoms with Crippen molar-refractivity contribution in [1.82, 2.24) is 15.0 Å². The number of para-hydroxylation sites is 2. The van der Waals surface area contributed by atoms with E-state index in [1.165, 1.54) is 5.56 Å². The molecule has 1 atom stereocenters. The van der Waals surface area contributed by atoms with E-state index in [-0.39, 0.29) is 0 Å². The van der Waals surface area contributed by atoms with E-state index in [9.17, 15) is 0 Å². The molecule has 2 aromatic carbocycles. The van der Waals surface area contributed by atoms with E-state index in [4.69, 9.17) is 14.7 Å². The highest BCUT2D eigenvalue weighted by Gasteiger charge is 2.28. The minimum atomic E-state index is 0.418. The SMILES string of the molecule is COc1ccccc1C1CCN(c2nc(-c3cccnc3)nc3ccccc23)C1. The summed E-state index contributed by atoms with van der Waals surface area (Å²) in [7, 11) is 1.74. The molecule has 144 valence electrons. The first-order chi connectivity index (χ1) is 14.3. The summed E-state index contributed by atoms with van der Waals surface area (Å²) in [6.07, 6.45) is 4.65. The van der Waals surface area contributed by atoms with Gasteiger partial charge in [-0.25, -0.2) is 9.97 Å². The van der Waals surface area contributed by atoms with Crippen molar-refractivity contribution in [2.75, 3.05) is 25.1 Å². The first-order valence-corrected chi connectivity index (χ1v) is 9.88. The first kappa shape index (κ1) is 17.6. The van der Waals surface area contributed by atoms with Gasteiger partial charge in [-0.3, -0.25) is 4.98 Å². The lowest BCUT2D eigenvalue weighted by molar-refractivity contribution is 0.406. The summed E-state index contributed by atoms with van der Waals surface area (Å²) in [6.45, 7) is 1.87. The van der Waals surface area contributed by atoms with Crippen LogP contribution in [-0.4, -0.2) is 35.2 Å². The zero-order valence-electron chi connectivity index (χ0n) is 16.3. The molecule has 1 aliphatic rings. The fourth-order valence-corrected chi connectivity index (χ4v) is 4.14. The Morgan fingerprint density at radius 3 is 2.69 bits per heavy atom. The average Bonchev–Trinajstić information content (AvgIpc) is 3.29. The molecule has 0 radical (unpaired) electrons. The lowest BCUT2D eigenvalue weighted by Gasteiger charge is -2.21. The van der Waals surface area contributed by atoms with Crippen molar-refractivity contribution < 1.29 is 4.74 Å². The zero-order chi connectivity index (χ0) is 19.6. The van der Waals surface area contributed by atoms with Gasteiger partial charge in [-0.05, 0) is 42.3 Å². The number of anilines is 1. The highest BCUT2D eigenvalue weighted by atomic mass is 16.5. The van der Waals surface area contributed by atoms with E-state index in [2.05, 4.69) is 28.1 Å². The van der Waals surface area contributed by atoms with Gasteiger partial charge in [0.25, 0.3) is 0 Å². The van der Waals surface area contributed by atoms with Crippen molar-refractivity contribution in [3.63, 3.8) is 0 Å². The van der Waals surface area contributed by atoms with Gasteiger partial charge in [0.2, 0.25) is 0 Å². The molecular formula is C24H22N4O. The predicted molar refractivity (Wildman–Crippen MR) is 115 cm³/mol. The minimum absolute atomic E-state index is 0.418. The molecule has 0 spiro atoms. The Balaban J connectivity index is 1.55. The van der Waals surface area contributed by atoms with E-state index < -0.39 is 0 Å². The molecule has 5 heteroatoms. The summed E-state index contributed by atoms with van der Waals surface area (Å²) in [6, 6.07) is 20.5. The fourth-order valence-electron chi connectivity index (χ4n) is 4.14. The molecule has 0 aliphatic carbocycles. The Morgan fingerprint density at radius 2 is 1.83 bits per heavy atom. The molecule has 0 N–H and O–H groups in total. The summed E-state index contributed by atoms with van der Waals surface area (Å²) in [5.41, 5.74) is 3.15. The van der Waals surface area contributed by atoms with Gasteiger partial charge >= 0.3 is 0 Å². The number of nitrogens with zero attached hydrogens (tertiary/aromatic N) is 4. The van der Waals surface area contributed by atoms with Crippen molar-refractivity contribution in [2.24, 2.45) is 0 Å². The maximum atomic E-state index is 5.59. The van der Waals surface area contributed by atoms with Crippen molar-refractivity contribution in [2.45, 2.75) is 12.3 Å². The van der Waals surface area contributed by atoms with Gasteiger partial charge in [-0.15, -0.1) is 0 Å². The summed E-state index contributed by atoms with van der Waals surface area (Å²) < 4.78 is 5.59. The maximum Gasteiger partial charge on any atom is 0.163 e. The molecule has 5 rings (SSSR count). The second-order valence-corrected chi connectivity index (χ2v) is 7.30. The van der Waals surface area contributed by atoms with Crippen LogP contribution < -0.4 is 9.64 Å². The van der Waals surface area contributed by atoms with Gasteiger partial charge in [-0.1, -0.05) is 30.3 Å². The van der Waals surface area contributed by atoms with Crippen LogP contribution in [0.4, 0.5) is 5.82 Å². The third-order valence-corrected chi connectivity index (χ3v) is 5.57. The number of aromatic nitrogens is 3. The van der Waals surface area contributed by atoms with Crippen LogP contribution in [0.2, 0.25) is 0 Å². The number of rotatable bonds is 4. The second kappa shape index (κ2) is 7.51. The van der Waals surface area contributed by atoms with Crippen LogP contribution in [0.25, 0.3) is 22.3 Å². The highest BCUT2D eigenvalue weighted by Crippen LogP contribution is 2.37. The zero-order valence-corrected chi connectivity index (χ0v) is 16.3. The number of hydrogen-bond acceptors (Lipinski definition) is 5. The Labute approximate surface area is 170 Å². The number of pyridine rings is 1. The molecule has 0 amide bonds. The smallest absolute Gasteiger partial charge is 0.163 e. The number of hydrogen-bond donors (Lipinski definition) is 0. The summed E-state index contributed by atoms with van der Waals surface area (Å²) >= 11 is 0. The van der Waals surface area contributed by atoms with Crippen LogP contribution in [0.15, 0.2) is 73.1 Å². The summed E-state index contributed by atoms with van der Waals surface area (Å²) in [5, 5.41) is 1.08. The van der Waals surface area contributed by atoms with Gasteiger partial charge in [0, 0.05) is 42.4 Å². The molecule has 29 heavy (non-hydrogen) atoms. The van der Waals surface area contributed by atoms with Crippen LogP contribution in [0.1, 0.15) is 17.9 Å². The van der Waals surface area contributed by atoms with Gasteiger partial charge in [0.05, 0.1) is 12.6 Å². The Hall–Kier alpha value is -3.47. The molecule has 4 aromatic rings. The molecule has 0 saturated carbocycles. The molecule has 5 nitrogen and oxygen atoms in total. The monoisotopic (exact) mass is 382 g/mol. The highest BCUT2D eigenvalue weighted by molar-refractivity contribution is 5.91. The van der Waals surface area contributed by atoms with Crippen LogP contribution in [0.5, 0.6) is 5.75 Å². The third kappa shape index (κ3) is 3.29. The molecule has 0 bridgehead atoms. The van der Waals surface area contributed by atoms with E-state index in [1.807, 2.05) is 48.7 Å². The molecule has 1 fully saturated rings. The number of ether oxygens (including phenoxy) is 1. The Kier molecular flexibility index (Phi) is 4.56. The van der Waals surface area contributed by atoms with Crippen molar-refractivity contribution in [3.05, 3.63) is 78.6 Å². The molecular weight excluding hydrogens is 360 g/mol. The van der Waals surface area contributed by atoms with Crippen molar-refractivity contribution >= 4 is 16.7 Å². The number of benzene rings is 2. The van der Waals surface area contributed by atoms with Gasteiger partial charge in [-0.2, -0.15) is 0 Å². The van der Waals surface area contributed by atoms with E-state index in [0.717, 1.165) is 47.5 Å². The van der Waals surface area contributed by atoms with Gasteiger partial charge in [0.15, 0.2) is 5.82 Å². The van der Waals surface area contributed by atoms with Crippen LogP contribution >= 0.6 is 0 Å². The van der Waals surface area contributed by atoms with E-state index >= 15 is 0 Å². The third-order valence-electron chi connectivity index (χ3n) is 5.57. The lowest BCUT2D eigenvalue weighted by atomic mass is 9.97. The molecule has 1 unspecified atom stereocenters. The number of fused-ring (bicyclic) bond motifs is 1. The van der Waals surface area contributed by atoms with Crippen LogP contribution in [0.3, 0.4) is 0 Å². The van der Waals surface area contributed by atoms with Crippen LogP contribution in [0, 0.1) is 0 Å². The molecule has 1 aliphatic heterocycles. The quantitative estimate of drug-likeness (QED) is 0.512. The average molecular weight is 382 g/mol. The van der Waals surface area contributed by atoms with Crippen molar-refractivity contribution in [1.29, 1.82) is 0 Å². The standard InChI is InChI=1S/C24H22N4O/c1-29-22-11-5-3-8-19(22)18-12-14-28(16-18)24-20-9-2-4-10-21(20)26-23(27-24)17-7-6-13-25-15-17/h2-11,13,15,18H,12,14,16H2,1H3. The molecule has 3 heterocycles. The summed E-state index contributed by atoms with van der Waals surface area (Å²) in [4.78, 5) is 16.4. The largest absolute Gasteiger partial charge is 0.496 e. The van der Waals surface area contributed by atoms with E-state index in [1.54, 1.807) is 13.3 Å². The molecule has 2 aromatic heterocycles. The maximum absolute atomic E-state index is 5.59. The Bertz CT molecular complexity index is 1150. The van der Waals surface area contributed by atoms with Gasteiger partial charge in [0.1, 0.15) is 11.6 Å². The first-order valence-electron chi connectivity index (χ1n) is 9.88. The van der Waals surface area contributed by atoms with E-state index in [0.29, 0.717) is 11.7 Å². The summed E-state index contributed by atoms with van der Waals surface area (Å²) in [5.74, 6) is 3.09. The minimum Gasteiger partial charge on any atom is -0.496 e. The van der Waals surface area contributed by atoms with Crippen LogP contribution in [-0.2, 0) is 0 Å². The predicted octanol–water partition coefficient (Wildman–Crippen LogP) is 4.69. The molecule has 1 saturated heterocycles. The van der Waals surface area contributed by atoms with Crippen molar-refractivity contribution in [3.8, 4) is 17.1 Å². The fraction of sp³-hybridized carbons (Fsp3) is 0.208. The number of methoxy groups -OCH3 is 1. The lowest BCUT2D eigenvalue weighted by Crippen LogP contribution is -2.21. The van der Waals surface area contributed by atoms with Gasteiger partial charge < -0.3 is 9.64 Å². The Morgan fingerprint density at radius 1 is 0.966 bits per heavy atom. The second-order valence-electron chi connectivity index (χ2n) is 7.30.